The van der Waals surface area contributed by atoms with E-state index in [9.17, 15) is 14.4 Å². The Balaban J connectivity index is 1.55. The van der Waals surface area contributed by atoms with E-state index in [2.05, 4.69) is 15.5 Å². The second-order valence-corrected chi connectivity index (χ2v) is 11.6. The number of amides is 3. The lowest BCUT2D eigenvalue weighted by molar-refractivity contribution is -0.147. The van der Waals surface area contributed by atoms with Crippen LogP contribution in [0.15, 0.2) is 54.1 Å². The number of hydrogen-bond acceptors (Lipinski definition) is 5. The first-order valence-electron chi connectivity index (χ1n) is 14.2. The Bertz CT molecular complexity index is 1360. The second-order valence-electron chi connectivity index (χ2n) is 10.8. The van der Waals surface area contributed by atoms with Gasteiger partial charge in [-0.3, -0.25) is 19.3 Å². The molecule has 1 spiro atoms. The molecule has 5 rings (SSSR count). The molecule has 3 heterocycles. The zero-order chi connectivity index (χ0) is 29.1. The summed E-state index contributed by atoms with van der Waals surface area (Å²) in [5.74, 6) is -1.17. The molecule has 0 bridgehead atoms. The van der Waals surface area contributed by atoms with Gasteiger partial charge in [-0.25, -0.2) is 0 Å². The summed E-state index contributed by atoms with van der Waals surface area (Å²) >= 11 is 12.8. The van der Waals surface area contributed by atoms with Crippen molar-refractivity contribution in [1.29, 1.82) is 0 Å². The van der Waals surface area contributed by atoms with Crippen LogP contribution in [-0.4, -0.2) is 79.5 Å². The van der Waals surface area contributed by atoms with Gasteiger partial charge in [-0.1, -0.05) is 60.0 Å². The van der Waals surface area contributed by atoms with E-state index in [-0.39, 0.29) is 30.7 Å². The third-order valence-corrected chi connectivity index (χ3v) is 9.06. The fourth-order valence-electron chi connectivity index (χ4n) is 6.70. The lowest BCUT2D eigenvalue weighted by Crippen LogP contribution is -2.65. The lowest BCUT2D eigenvalue weighted by Gasteiger charge is -2.52. The van der Waals surface area contributed by atoms with Gasteiger partial charge in [0.2, 0.25) is 17.7 Å². The molecule has 0 radical (unpaired) electrons. The van der Waals surface area contributed by atoms with Crippen LogP contribution in [0.1, 0.15) is 43.7 Å². The Morgan fingerprint density at radius 1 is 1.15 bits per heavy atom. The van der Waals surface area contributed by atoms with E-state index in [1.54, 1.807) is 23.1 Å². The van der Waals surface area contributed by atoms with Crippen molar-refractivity contribution in [3.63, 3.8) is 0 Å². The molecule has 0 saturated carbocycles. The number of morpholine rings is 1. The highest BCUT2D eigenvalue weighted by molar-refractivity contribution is 6.31. The van der Waals surface area contributed by atoms with Crippen LogP contribution in [-0.2, 0) is 24.5 Å². The van der Waals surface area contributed by atoms with Crippen LogP contribution in [0, 0.1) is 0 Å². The number of nitrogens with zero attached hydrogens (tertiary/aromatic N) is 2. The van der Waals surface area contributed by atoms with Crippen LogP contribution >= 0.6 is 23.2 Å². The minimum atomic E-state index is -1.19. The summed E-state index contributed by atoms with van der Waals surface area (Å²) in [7, 11) is 0. The number of anilines is 1. The van der Waals surface area contributed by atoms with Crippen LogP contribution in [0.4, 0.5) is 5.69 Å². The number of nitrogens with one attached hydrogen (secondary N) is 2. The van der Waals surface area contributed by atoms with Crippen molar-refractivity contribution >= 4 is 46.6 Å². The molecule has 218 valence electrons. The first-order valence-corrected chi connectivity index (χ1v) is 14.9. The summed E-state index contributed by atoms with van der Waals surface area (Å²) in [5.41, 5.74) is 1.90. The predicted molar refractivity (Wildman–Crippen MR) is 160 cm³/mol. The second kappa shape index (κ2) is 12.5. The number of hydrogen-bond donors (Lipinski definition) is 2. The Morgan fingerprint density at radius 2 is 1.90 bits per heavy atom. The molecule has 0 aliphatic carbocycles. The van der Waals surface area contributed by atoms with Gasteiger partial charge in [0.05, 0.1) is 19.3 Å². The maximum absolute atomic E-state index is 14.4. The first-order chi connectivity index (χ1) is 19.8. The summed E-state index contributed by atoms with van der Waals surface area (Å²) in [4.78, 5) is 45.5. The van der Waals surface area contributed by atoms with Gasteiger partial charge >= 0.3 is 0 Å². The van der Waals surface area contributed by atoms with E-state index in [4.69, 9.17) is 27.9 Å². The lowest BCUT2D eigenvalue weighted by atomic mass is 9.58. The monoisotopic (exact) mass is 598 g/mol. The van der Waals surface area contributed by atoms with E-state index >= 15 is 0 Å². The van der Waals surface area contributed by atoms with Crippen molar-refractivity contribution in [2.75, 3.05) is 51.3 Å². The molecule has 41 heavy (non-hydrogen) atoms. The van der Waals surface area contributed by atoms with Crippen LogP contribution in [0.3, 0.4) is 0 Å². The molecular weight excluding hydrogens is 563 g/mol. The molecule has 3 atom stereocenters. The molecule has 3 amide bonds. The standard InChI is InChI=1S/C31H36Cl2N4O4/c1-3-20(4-2)29-31(24-9-8-23(33)17-26(24)35-30(31)40)25(21-6-5-7-22(32)16-21)18-28(39)37(29)19-27(38)34-10-11-36-12-14-41-15-13-36/h3,5-9,16-17,25,29H,4,10-15,18-19H2,1-2H3,(H,34,38)(H,35,40). The number of likely N-dealkylation sites (tertiary alicyclic amines) is 1. The molecule has 8 nitrogen and oxygen atoms in total. The van der Waals surface area contributed by atoms with Gasteiger partial charge in [-0.05, 0) is 48.7 Å². The molecule has 2 aromatic carbocycles. The van der Waals surface area contributed by atoms with Crippen LogP contribution in [0.2, 0.25) is 10.0 Å². The SMILES string of the molecule is CC=C(CC)C1N(CC(=O)NCCN2CCOCC2)C(=O)CC(c2cccc(Cl)c2)C12C(=O)Nc1cc(Cl)ccc12. The number of fused-ring (bicyclic) bond motifs is 2. The van der Waals surface area contributed by atoms with Gasteiger partial charge in [0.15, 0.2) is 0 Å². The van der Waals surface area contributed by atoms with Gasteiger partial charge in [-0.15, -0.1) is 0 Å². The third kappa shape index (κ3) is 5.63. The molecule has 0 aromatic heterocycles. The first kappa shape index (κ1) is 29.6. The zero-order valence-corrected chi connectivity index (χ0v) is 24.9. The number of ether oxygens (including phenoxy) is 1. The van der Waals surface area contributed by atoms with Gasteiger partial charge in [0.1, 0.15) is 12.0 Å². The minimum absolute atomic E-state index is 0.0497. The van der Waals surface area contributed by atoms with E-state index in [0.717, 1.165) is 29.8 Å². The van der Waals surface area contributed by atoms with Gasteiger partial charge in [-0.2, -0.15) is 0 Å². The van der Waals surface area contributed by atoms with Crippen LogP contribution in [0.5, 0.6) is 0 Å². The molecule has 10 heteroatoms. The van der Waals surface area contributed by atoms with Crippen molar-refractivity contribution in [1.82, 2.24) is 15.1 Å². The Morgan fingerprint density at radius 3 is 2.61 bits per heavy atom. The van der Waals surface area contributed by atoms with Gasteiger partial charge < -0.3 is 20.3 Å². The van der Waals surface area contributed by atoms with Crippen LogP contribution in [0.25, 0.3) is 0 Å². The van der Waals surface area contributed by atoms with Gasteiger partial charge in [0, 0.05) is 54.3 Å². The van der Waals surface area contributed by atoms with Crippen LogP contribution < -0.4 is 10.6 Å². The molecule has 2 aromatic rings. The Kier molecular flexibility index (Phi) is 9.04. The van der Waals surface area contributed by atoms with E-state index in [1.807, 2.05) is 44.2 Å². The molecule has 3 aliphatic heterocycles. The highest BCUT2D eigenvalue weighted by Crippen LogP contribution is 2.57. The largest absolute Gasteiger partial charge is 0.379 e. The number of benzene rings is 2. The molecule has 2 N–H and O–H groups in total. The van der Waals surface area contributed by atoms with Crippen molar-refractivity contribution in [3.05, 3.63) is 75.3 Å². The normalized spacial score (nSPS) is 24.9. The Hall–Kier alpha value is -2.91. The smallest absolute Gasteiger partial charge is 0.239 e. The number of carbonyl (C=O) groups excluding carboxylic acids is 3. The molecule has 3 aliphatic rings. The quantitative estimate of drug-likeness (QED) is 0.440. The Labute approximate surface area is 251 Å². The summed E-state index contributed by atoms with van der Waals surface area (Å²) in [5, 5.41) is 7.09. The molecule has 2 saturated heterocycles. The summed E-state index contributed by atoms with van der Waals surface area (Å²) in [6, 6.07) is 12.1. The molecular formula is C31H36Cl2N4O4. The predicted octanol–water partition coefficient (Wildman–Crippen LogP) is 4.37. The third-order valence-electron chi connectivity index (χ3n) is 8.59. The molecule has 3 unspecified atom stereocenters. The number of piperidine rings is 1. The average molecular weight is 600 g/mol. The number of halogens is 2. The minimum Gasteiger partial charge on any atom is -0.379 e. The number of rotatable bonds is 8. The summed E-state index contributed by atoms with van der Waals surface area (Å²) in [6.45, 7) is 7.97. The van der Waals surface area contributed by atoms with E-state index < -0.39 is 17.4 Å². The molecule has 2 fully saturated rings. The number of allylic oxidation sites excluding steroid dienone is 1. The maximum atomic E-state index is 14.4. The van der Waals surface area contributed by atoms with E-state index in [0.29, 0.717) is 48.5 Å². The fourth-order valence-corrected chi connectivity index (χ4v) is 7.07. The highest BCUT2D eigenvalue weighted by atomic mass is 35.5. The highest BCUT2D eigenvalue weighted by Gasteiger charge is 2.63. The van der Waals surface area contributed by atoms with Crippen molar-refractivity contribution in [2.45, 2.75) is 44.1 Å². The zero-order valence-electron chi connectivity index (χ0n) is 23.4. The average Bonchev–Trinajstić information content (AvgIpc) is 3.23. The van der Waals surface area contributed by atoms with Crippen molar-refractivity contribution in [3.8, 4) is 0 Å². The van der Waals surface area contributed by atoms with Crippen molar-refractivity contribution in [2.24, 2.45) is 0 Å². The summed E-state index contributed by atoms with van der Waals surface area (Å²) in [6.07, 6.45) is 2.61. The fraction of sp³-hybridized carbons (Fsp3) is 0.452. The number of carbonyl (C=O) groups is 3. The summed E-state index contributed by atoms with van der Waals surface area (Å²) < 4.78 is 5.40. The topological polar surface area (TPSA) is 91.0 Å². The van der Waals surface area contributed by atoms with E-state index in [1.165, 1.54) is 0 Å². The van der Waals surface area contributed by atoms with Crippen molar-refractivity contribution < 1.29 is 19.1 Å². The van der Waals surface area contributed by atoms with Gasteiger partial charge in [0.25, 0.3) is 0 Å². The maximum Gasteiger partial charge on any atom is 0.239 e.